The zero-order valence-corrected chi connectivity index (χ0v) is 9.12. The summed E-state index contributed by atoms with van der Waals surface area (Å²) in [6.45, 7) is 1.97. The summed E-state index contributed by atoms with van der Waals surface area (Å²) in [6, 6.07) is 13.0. The summed E-state index contributed by atoms with van der Waals surface area (Å²) in [5.41, 5.74) is 3.04. The van der Waals surface area contributed by atoms with Crippen molar-refractivity contribution in [3.63, 3.8) is 0 Å². The van der Waals surface area contributed by atoms with Crippen molar-refractivity contribution in [1.82, 2.24) is 0 Å². The van der Waals surface area contributed by atoms with Crippen LogP contribution in [0.25, 0.3) is 11.1 Å². The Bertz CT molecular complexity index is 492. The molecule has 0 atom stereocenters. The van der Waals surface area contributed by atoms with Gasteiger partial charge < -0.3 is 5.11 Å². The first kappa shape index (κ1) is 10.1. The smallest absolute Gasteiger partial charge is 0.116 e. The van der Waals surface area contributed by atoms with Gasteiger partial charge in [-0.1, -0.05) is 35.9 Å². The molecular formula is C13H11ClO. The number of benzene rings is 2. The van der Waals surface area contributed by atoms with Crippen molar-refractivity contribution >= 4 is 11.6 Å². The number of phenolic OH excluding ortho intramolecular Hbond substituents is 1. The highest BCUT2D eigenvalue weighted by Gasteiger charge is 2.01. The molecule has 0 spiro atoms. The van der Waals surface area contributed by atoms with Gasteiger partial charge in [0, 0.05) is 5.02 Å². The highest BCUT2D eigenvalue weighted by Crippen LogP contribution is 2.27. The molecule has 0 aliphatic heterocycles. The lowest BCUT2D eigenvalue weighted by Gasteiger charge is -2.04. The predicted octanol–water partition coefficient (Wildman–Crippen LogP) is 4.02. The maximum Gasteiger partial charge on any atom is 0.116 e. The second-order valence-electron chi connectivity index (χ2n) is 3.51. The summed E-state index contributed by atoms with van der Waals surface area (Å²) in [7, 11) is 0. The van der Waals surface area contributed by atoms with E-state index in [0.717, 1.165) is 21.7 Å². The number of aromatic hydroxyl groups is 1. The molecule has 0 radical (unpaired) electrons. The zero-order chi connectivity index (χ0) is 10.8. The quantitative estimate of drug-likeness (QED) is 0.767. The maximum atomic E-state index is 9.37. The van der Waals surface area contributed by atoms with Gasteiger partial charge in [-0.15, -0.1) is 0 Å². The summed E-state index contributed by atoms with van der Waals surface area (Å²) in [5.74, 6) is 0.268. The molecule has 2 rings (SSSR count). The van der Waals surface area contributed by atoms with Crippen molar-refractivity contribution in [3.05, 3.63) is 53.1 Å². The van der Waals surface area contributed by atoms with E-state index in [1.165, 1.54) is 0 Å². The van der Waals surface area contributed by atoms with E-state index in [9.17, 15) is 5.11 Å². The molecule has 2 aromatic carbocycles. The van der Waals surface area contributed by atoms with Crippen molar-refractivity contribution in [2.24, 2.45) is 0 Å². The summed E-state index contributed by atoms with van der Waals surface area (Å²) in [6.07, 6.45) is 0. The SMILES string of the molecule is Cc1ccc(-c2cccc(O)c2)cc1Cl. The summed E-state index contributed by atoms with van der Waals surface area (Å²) < 4.78 is 0. The molecule has 15 heavy (non-hydrogen) atoms. The Morgan fingerprint density at radius 2 is 1.73 bits per heavy atom. The predicted molar refractivity (Wildman–Crippen MR) is 63.3 cm³/mol. The largest absolute Gasteiger partial charge is 0.508 e. The van der Waals surface area contributed by atoms with Gasteiger partial charge in [-0.25, -0.2) is 0 Å². The van der Waals surface area contributed by atoms with E-state index >= 15 is 0 Å². The third kappa shape index (κ3) is 2.13. The highest BCUT2D eigenvalue weighted by atomic mass is 35.5. The van der Waals surface area contributed by atoms with Crippen molar-refractivity contribution in [3.8, 4) is 16.9 Å². The molecule has 2 aromatic rings. The maximum absolute atomic E-state index is 9.37. The number of hydrogen-bond acceptors (Lipinski definition) is 1. The van der Waals surface area contributed by atoms with Gasteiger partial charge >= 0.3 is 0 Å². The van der Waals surface area contributed by atoms with E-state index < -0.39 is 0 Å². The minimum Gasteiger partial charge on any atom is -0.508 e. The Labute approximate surface area is 94.0 Å². The van der Waals surface area contributed by atoms with Gasteiger partial charge in [-0.3, -0.25) is 0 Å². The second kappa shape index (κ2) is 3.95. The van der Waals surface area contributed by atoms with E-state index in [-0.39, 0.29) is 5.75 Å². The van der Waals surface area contributed by atoms with Crippen LogP contribution in [0.3, 0.4) is 0 Å². The van der Waals surface area contributed by atoms with Gasteiger partial charge in [0.25, 0.3) is 0 Å². The fraction of sp³-hybridized carbons (Fsp3) is 0.0769. The minimum absolute atomic E-state index is 0.268. The number of halogens is 1. The summed E-state index contributed by atoms with van der Waals surface area (Å²) in [5, 5.41) is 10.1. The van der Waals surface area contributed by atoms with Crippen LogP contribution in [0, 0.1) is 6.92 Å². The Hall–Kier alpha value is -1.47. The zero-order valence-electron chi connectivity index (χ0n) is 8.37. The number of rotatable bonds is 1. The Kier molecular flexibility index (Phi) is 2.65. The first-order chi connectivity index (χ1) is 7.16. The van der Waals surface area contributed by atoms with Crippen molar-refractivity contribution in [2.75, 3.05) is 0 Å². The monoisotopic (exact) mass is 218 g/mol. The number of hydrogen-bond donors (Lipinski definition) is 1. The fourth-order valence-electron chi connectivity index (χ4n) is 1.46. The Morgan fingerprint density at radius 1 is 1.00 bits per heavy atom. The van der Waals surface area contributed by atoms with Crippen molar-refractivity contribution in [1.29, 1.82) is 0 Å². The average Bonchev–Trinajstić information content (AvgIpc) is 2.22. The van der Waals surface area contributed by atoms with Crippen LogP contribution < -0.4 is 0 Å². The second-order valence-corrected chi connectivity index (χ2v) is 3.92. The third-order valence-corrected chi connectivity index (χ3v) is 2.76. The van der Waals surface area contributed by atoms with E-state index in [2.05, 4.69) is 0 Å². The molecule has 0 fully saturated rings. The molecule has 0 amide bonds. The van der Waals surface area contributed by atoms with Crippen LogP contribution in [-0.4, -0.2) is 5.11 Å². The molecule has 0 aliphatic carbocycles. The molecule has 0 saturated carbocycles. The molecule has 0 aromatic heterocycles. The van der Waals surface area contributed by atoms with Crippen LogP contribution >= 0.6 is 11.6 Å². The van der Waals surface area contributed by atoms with Gasteiger partial charge in [-0.2, -0.15) is 0 Å². The van der Waals surface area contributed by atoms with Crippen LogP contribution in [0.5, 0.6) is 5.75 Å². The standard InChI is InChI=1S/C13H11ClO/c1-9-5-6-11(8-13(9)14)10-3-2-4-12(15)7-10/h2-8,15H,1H3. The van der Waals surface area contributed by atoms with E-state index in [1.54, 1.807) is 12.1 Å². The number of phenols is 1. The van der Waals surface area contributed by atoms with Gasteiger partial charge in [0.05, 0.1) is 0 Å². The molecular weight excluding hydrogens is 208 g/mol. The van der Waals surface area contributed by atoms with Crippen LogP contribution in [-0.2, 0) is 0 Å². The molecule has 2 heteroatoms. The van der Waals surface area contributed by atoms with Crippen LogP contribution in [0.4, 0.5) is 0 Å². The lowest BCUT2D eigenvalue weighted by molar-refractivity contribution is 0.475. The molecule has 0 aliphatic rings. The highest BCUT2D eigenvalue weighted by molar-refractivity contribution is 6.31. The van der Waals surface area contributed by atoms with Gasteiger partial charge in [0.15, 0.2) is 0 Å². The lowest BCUT2D eigenvalue weighted by Crippen LogP contribution is -1.80. The molecule has 0 saturated heterocycles. The molecule has 1 nitrogen and oxygen atoms in total. The first-order valence-corrected chi connectivity index (χ1v) is 5.10. The van der Waals surface area contributed by atoms with Crippen molar-refractivity contribution in [2.45, 2.75) is 6.92 Å². The Morgan fingerprint density at radius 3 is 2.40 bits per heavy atom. The van der Waals surface area contributed by atoms with E-state index in [1.807, 2.05) is 37.3 Å². The third-order valence-electron chi connectivity index (χ3n) is 2.35. The molecule has 0 bridgehead atoms. The van der Waals surface area contributed by atoms with E-state index in [0.29, 0.717) is 0 Å². The fourth-order valence-corrected chi connectivity index (χ4v) is 1.64. The lowest BCUT2D eigenvalue weighted by atomic mass is 10.0. The van der Waals surface area contributed by atoms with Crippen LogP contribution in [0.15, 0.2) is 42.5 Å². The number of aryl methyl sites for hydroxylation is 1. The van der Waals surface area contributed by atoms with Crippen LogP contribution in [0.1, 0.15) is 5.56 Å². The normalized spacial score (nSPS) is 10.3. The summed E-state index contributed by atoms with van der Waals surface area (Å²) in [4.78, 5) is 0. The van der Waals surface area contributed by atoms with Gasteiger partial charge in [0.1, 0.15) is 5.75 Å². The van der Waals surface area contributed by atoms with E-state index in [4.69, 9.17) is 11.6 Å². The van der Waals surface area contributed by atoms with Crippen LogP contribution in [0.2, 0.25) is 5.02 Å². The molecule has 0 unspecified atom stereocenters. The molecule has 0 heterocycles. The first-order valence-electron chi connectivity index (χ1n) is 4.72. The average molecular weight is 219 g/mol. The van der Waals surface area contributed by atoms with Crippen molar-refractivity contribution < 1.29 is 5.11 Å². The molecule has 76 valence electrons. The van der Waals surface area contributed by atoms with Gasteiger partial charge in [0.2, 0.25) is 0 Å². The Balaban J connectivity index is 2.50. The topological polar surface area (TPSA) is 20.2 Å². The minimum atomic E-state index is 0.268. The molecule has 1 N–H and O–H groups in total. The summed E-state index contributed by atoms with van der Waals surface area (Å²) >= 11 is 6.04. The van der Waals surface area contributed by atoms with Gasteiger partial charge in [-0.05, 0) is 41.8 Å².